The summed E-state index contributed by atoms with van der Waals surface area (Å²) in [4.78, 5) is 37.5. The molecule has 0 aromatic heterocycles. The molecule has 7 nitrogen and oxygen atoms in total. The Hall–Kier alpha value is -3.61. The summed E-state index contributed by atoms with van der Waals surface area (Å²) >= 11 is 0. The molecule has 28 heavy (non-hydrogen) atoms. The highest BCUT2D eigenvalue weighted by atomic mass is 16.5. The Morgan fingerprint density at radius 2 is 1.82 bits per heavy atom. The quantitative estimate of drug-likeness (QED) is 0.750. The van der Waals surface area contributed by atoms with E-state index in [1.807, 2.05) is 6.92 Å². The van der Waals surface area contributed by atoms with Crippen molar-refractivity contribution in [2.45, 2.75) is 20.3 Å². The molecule has 0 radical (unpaired) electrons. The molecule has 0 spiro atoms. The number of hydrogen-bond donors (Lipinski definition) is 2. The number of aliphatic hydroxyl groups excluding tert-OH is 1. The normalized spacial score (nSPS) is 13.9. The highest BCUT2D eigenvalue weighted by Gasteiger charge is 2.40. The molecule has 1 aliphatic heterocycles. The van der Waals surface area contributed by atoms with Gasteiger partial charge in [0, 0.05) is 18.7 Å². The zero-order chi connectivity index (χ0) is 20.3. The van der Waals surface area contributed by atoms with E-state index in [1.54, 1.807) is 48.5 Å². The zero-order valence-electron chi connectivity index (χ0n) is 15.6. The molecule has 144 valence electrons. The number of amides is 3. The van der Waals surface area contributed by atoms with Crippen molar-refractivity contribution in [2.24, 2.45) is 0 Å². The third-order valence-corrected chi connectivity index (χ3v) is 4.10. The Bertz CT molecular complexity index is 963. The van der Waals surface area contributed by atoms with Gasteiger partial charge in [0.1, 0.15) is 5.75 Å². The van der Waals surface area contributed by atoms with Gasteiger partial charge in [0.15, 0.2) is 5.76 Å². The molecular formula is C21H20N2O5. The van der Waals surface area contributed by atoms with E-state index >= 15 is 0 Å². The van der Waals surface area contributed by atoms with Crippen LogP contribution in [0.4, 0.5) is 11.4 Å². The molecule has 0 unspecified atom stereocenters. The first-order valence-electron chi connectivity index (χ1n) is 8.85. The first-order chi connectivity index (χ1) is 13.4. The average Bonchev–Trinajstić information content (AvgIpc) is 2.89. The number of nitrogens with one attached hydrogen (secondary N) is 1. The van der Waals surface area contributed by atoms with Gasteiger partial charge in [0.2, 0.25) is 5.91 Å². The fraction of sp³-hybridized carbons (Fsp3) is 0.190. The van der Waals surface area contributed by atoms with E-state index in [0.29, 0.717) is 29.3 Å². The Kier molecular flexibility index (Phi) is 5.44. The number of benzene rings is 2. The van der Waals surface area contributed by atoms with E-state index < -0.39 is 17.6 Å². The van der Waals surface area contributed by atoms with Gasteiger partial charge in [-0.25, -0.2) is 4.90 Å². The molecule has 0 saturated heterocycles. The second-order valence-corrected chi connectivity index (χ2v) is 6.27. The van der Waals surface area contributed by atoms with Crippen LogP contribution in [0.3, 0.4) is 0 Å². The lowest BCUT2D eigenvalue weighted by molar-refractivity contribution is -0.121. The monoisotopic (exact) mass is 380 g/mol. The summed E-state index contributed by atoms with van der Waals surface area (Å²) in [6, 6.07) is 12.9. The zero-order valence-corrected chi connectivity index (χ0v) is 15.6. The van der Waals surface area contributed by atoms with Crippen molar-refractivity contribution in [3.63, 3.8) is 0 Å². The third-order valence-electron chi connectivity index (χ3n) is 4.10. The maximum absolute atomic E-state index is 12.9. The van der Waals surface area contributed by atoms with E-state index in [1.165, 1.54) is 6.92 Å². The molecule has 0 atom stereocenters. The van der Waals surface area contributed by atoms with E-state index in [9.17, 15) is 19.5 Å². The predicted octanol–water partition coefficient (Wildman–Crippen LogP) is 3.28. The maximum atomic E-state index is 12.9. The minimum atomic E-state index is -0.793. The summed E-state index contributed by atoms with van der Waals surface area (Å²) in [5, 5.41) is 12.9. The number of imide groups is 1. The summed E-state index contributed by atoms with van der Waals surface area (Å²) in [5.41, 5.74) is 1.16. The molecule has 2 N–H and O–H groups in total. The van der Waals surface area contributed by atoms with Gasteiger partial charge in [-0.1, -0.05) is 25.1 Å². The van der Waals surface area contributed by atoms with Crippen molar-refractivity contribution in [1.29, 1.82) is 0 Å². The fourth-order valence-electron chi connectivity index (χ4n) is 2.87. The summed E-state index contributed by atoms with van der Waals surface area (Å²) < 4.78 is 5.55. The number of carbonyl (C=O) groups excluding carboxylic acids is 3. The molecule has 1 heterocycles. The average molecular weight is 380 g/mol. The lowest BCUT2D eigenvalue weighted by Gasteiger charge is -2.16. The topological polar surface area (TPSA) is 95.9 Å². The van der Waals surface area contributed by atoms with Crippen molar-refractivity contribution in [1.82, 2.24) is 0 Å². The van der Waals surface area contributed by atoms with Crippen LogP contribution in [0.1, 0.15) is 25.8 Å². The van der Waals surface area contributed by atoms with Gasteiger partial charge in [0.25, 0.3) is 5.91 Å². The predicted molar refractivity (Wildman–Crippen MR) is 105 cm³/mol. The second kappa shape index (κ2) is 7.96. The van der Waals surface area contributed by atoms with E-state index in [2.05, 4.69) is 5.32 Å². The Morgan fingerprint density at radius 1 is 1.11 bits per heavy atom. The van der Waals surface area contributed by atoms with E-state index in [4.69, 9.17) is 4.74 Å². The third kappa shape index (κ3) is 3.73. The van der Waals surface area contributed by atoms with Crippen molar-refractivity contribution >= 4 is 34.7 Å². The molecule has 3 amide bonds. The van der Waals surface area contributed by atoms with Crippen molar-refractivity contribution < 1.29 is 24.2 Å². The van der Waals surface area contributed by atoms with Crippen LogP contribution in [0.25, 0.3) is 5.57 Å². The van der Waals surface area contributed by atoms with Gasteiger partial charge in [-0.15, -0.1) is 0 Å². The van der Waals surface area contributed by atoms with Crippen LogP contribution in [0.15, 0.2) is 54.3 Å². The number of nitrogens with zero attached hydrogens (tertiary/aromatic N) is 1. The lowest BCUT2D eigenvalue weighted by Crippen LogP contribution is -2.31. The summed E-state index contributed by atoms with van der Waals surface area (Å²) in [7, 11) is 0. The molecule has 2 aromatic rings. The van der Waals surface area contributed by atoms with Gasteiger partial charge in [-0.3, -0.25) is 14.4 Å². The second-order valence-electron chi connectivity index (χ2n) is 6.27. The summed E-state index contributed by atoms with van der Waals surface area (Å²) in [6.45, 7) is 3.88. The molecule has 0 bridgehead atoms. The number of hydrogen-bond acceptors (Lipinski definition) is 5. The van der Waals surface area contributed by atoms with Crippen LogP contribution in [-0.4, -0.2) is 29.4 Å². The van der Waals surface area contributed by atoms with Crippen molar-refractivity contribution in [2.75, 3.05) is 16.8 Å². The van der Waals surface area contributed by atoms with Crippen LogP contribution >= 0.6 is 0 Å². The molecule has 3 rings (SSSR count). The Morgan fingerprint density at radius 3 is 2.46 bits per heavy atom. The standard InChI is InChI=1S/C21H20N2O5/c1-3-11-28-17-6-4-5-16(12-17)23-20(26)18(19(25)21(23)27)14-7-9-15(10-8-14)22-13(2)24/h4-10,12,25H,3,11H2,1-2H3,(H,22,24). The number of carbonyl (C=O) groups is 3. The number of aliphatic hydroxyl groups is 1. The Balaban J connectivity index is 1.89. The highest BCUT2D eigenvalue weighted by Crippen LogP contribution is 2.33. The van der Waals surface area contributed by atoms with Crippen LogP contribution < -0.4 is 15.0 Å². The van der Waals surface area contributed by atoms with E-state index in [0.717, 1.165) is 11.3 Å². The molecule has 2 aromatic carbocycles. The van der Waals surface area contributed by atoms with Crippen LogP contribution in [-0.2, 0) is 14.4 Å². The van der Waals surface area contributed by atoms with E-state index in [-0.39, 0.29) is 11.5 Å². The minimum absolute atomic E-state index is 0.0840. The smallest absolute Gasteiger partial charge is 0.301 e. The van der Waals surface area contributed by atoms with Crippen LogP contribution in [0, 0.1) is 0 Å². The summed E-state index contributed by atoms with van der Waals surface area (Å²) in [5.74, 6) is -1.72. The molecule has 1 aliphatic rings. The lowest BCUT2D eigenvalue weighted by atomic mass is 10.1. The van der Waals surface area contributed by atoms with Crippen LogP contribution in [0.2, 0.25) is 0 Å². The number of rotatable bonds is 6. The first-order valence-corrected chi connectivity index (χ1v) is 8.85. The maximum Gasteiger partial charge on any atom is 0.301 e. The molecule has 0 saturated carbocycles. The van der Waals surface area contributed by atoms with Gasteiger partial charge >= 0.3 is 5.91 Å². The molecular weight excluding hydrogens is 360 g/mol. The van der Waals surface area contributed by atoms with Gasteiger partial charge < -0.3 is 15.2 Å². The highest BCUT2D eigenvalue weighted by molar-refractivity contribution is 6.44. The van der Waals surface area contributed by atoms with Gasteiger partial charge in [-0.2, -0.15) is 0 Å². The fourth-order valence-corrected chi connectivity index (χ4v) is 2.87. The van der Waals surface area contributed by atoms with Gasteiger partial charge in [0.05, 0.1) is 17.9 Å². The largest absolute Gasteiger partial charge is 0.502 e. The SMILES string of the molecule is CCCOc1cccc(N2C(=O)C(O)=C(c3ccc(NC(C)=O)cc3)C2=O)c1. The van der Waals surface area contributed by atoms with Crippen molar-refractivity contribution in [3.05, 3.63) is 59.9 Å². The van der Waals surface area contributed by atoms with Gasteiger partial charge in [-0.05, 0) is 36.2 Å². The van der Waals surface area contributed by atoms with Crippen LogP contribution in [0.5, 0.6) is 5.75 Å². The summed E-state index contributed by atoms with van der Waals surface area (Å²) in [6.07, 6.45) is 0.826. The molecule has 0 aliphatic carbocycles. The Labute approximate surface area is 162 Å². The number of ether oxygens (including phenoxy) is 1. The molecule has 7 heteroatoms. The molecule has 0 fully saturated rings. The number of anilines is 2. The first kappa shape index (κ1) is 19.2. The van der Waals surface area contributed by atoms with Crippen molar-refractivity contribution in [3.8, 4) is 5.75 Å². The minimum Gasteiger partial charge on any atom is -0.502 e.